The van der Waals surface area contributed by atoms with Gasteiger partial charge in [0.25, 0.3) is 0 Å². The average Bonchev–Trinajstić information content (AvgIpc) is 3.58. The van der Waals surface area contributed by atoms with Gasteiger partial charge in [0.1, 0.15) is 11.6 Å². The minimum absolute atomic E-state index is 0.344. The van der Waals surface area contributed by atoms with Gasteiger partial charge in [-0.05, 0) is 24.5 Å². The Balaban J connectivity index is 1.32. The molecule has 0 radical (unpaired) electrons. The molecule has 32 heavy (non-hydrogen) atoms. The third-order valence-electron chi connectivity index (χ3n) is 6.66. The largest absolute Gasteiger partial charge is 0.362 e. The van der Waals surface area contributed by atoms with Crippen molar-refractivity contribution in [3.8, 4) is 0 Å². The molecule has 0 aliphatic carbocycles. The first-order chi connectivity index (χ1) is 15.7. The van der Waals surface area contributed by atoms with Crippen molar-refractivity contribution < 1.29 is 0 Å². The Kier molecular flexibility index (Phi) is 4.89. The van der Waals surface area contributed by atoms with E-state index in [9.17, 15) is 0 Å². The van der Waals surface area contributed by atoms with Crippen LogP contribution < -0.4 is 14.7 Å². The fourth-order valence-electron chi connectivity index (χ4n) is 4.99. The molecule has 0 amide bonds. The lowest BCUT2D eigenvalue weighted by molar-refractivity contribution is 0.479. The number of fused-ring (bicyclic) bond motifs is 2. The molecule has 6 rings (SSSR count). The standard InChI is InChI=1S/C22H27N9S/c1-28(2)20-17-12-30(8-4-15(17)3-6-23-20)22-25-19-14-32-13-18(19)21(26-22)29-9-5-16(11-29)31-10-7-24-27-31/h3,6-7,10,16H,4-5,8-9,11-14H2,1-2H3/t16-/m1/s1. The van der Waals surface area contributed by atoms with Gasteiger partial charge in [-0.3, -0.25) is 0 Å². The second-order valence-corrected chi connectivity index (χ2v) is 9.86. The Morgan fingerprint density at radius 1 is 1.06 bits per heavy atom. The molecule has 3 aliphatic rings. The molecule has 3 aliphatic heterocycles. The summed E-state index contributed by atoms with van der Waals surface area (Å²) in [5, 5.41) is 8.20. The SMILES string of the molecule is CN(C)c1nccc2c1CN(c1nc3c(c(N4CC[C@@H](n5ccnn5)C4)n1)CSC3)CC2. The summed E-state index contributed by atoms with van der Waals surface area (Å²) < 4.78 is 1.98. The third kappa shape index (κ3) is 3.37. The summed E-state index contributed by atoms with van der Waals surface area (Å²) in [6.45, 7) is 3.62. The first-order valence-corrected chi connectivity index (χ1v) is 12.3. The monoisotopic (exact) mass is 449 g/mol. The smallest absolute Gasteiger partial charge is 0.227 e. The van der Waals surface area contributed by atoms with E-state index in [4.69, 9.17) is 9.97 Å². The fourth-order valence-corrected chi connectivity index (χ4v) is 6.03. The van der Waals surface area contributed by atoms with Crippen molar-refractivity contribution in [2.24, 2.45) is 0 Å². The topological polar surface area (TPSA) is 79.1 Å². The van der Waals surface area contributed by atoms with E-state index < -0.39 is 0 Å². The van der Waals surface area contributed by atoms with Gasteiger partial charge in [0.05, 0.1) is 17.9 Å². The lowest BCUT2D eigenvalue weighted by Crippen LogP contribution is -2.34. The quantitative estimate of drug-likeness (QED) is 0.596. The number of rotatable bonds is 4. The van der Waals surface area contributed by atoms with Crippen LogP contribution in [0.1, 0.15) is 34.8 Å². The normalized spacial score (nSPS) is 19.9. The van der Waals surface area contributed by atoms with Gasteiger partial charge in [-0.15, -0.1) is 5.10 Å². The molecule has 10 heteroatoms. The Bertz CT molecular complexity index is 1130. The van der Waals surface area contributed by atoms with E-state index in [1.807, 2.05) is 28.8 Å². The van der Waals surface area contributed by atoms with Gasteiger partial charge in [0, 0.05) is 75.3 Å². The summed E-state index contributed by atoms with van der Waals surface area (Å²) in [6, 6.07) is 2.50. The predicted octanol–water partition coefficient (Wildman–Crippen LogP) is 2.29. The molecule has 0 spiro atoms. The van der Waals surface area contributed by atoms with Crippen molar-refractivity contribution in [1.29, 1.82) is 0 Å². The van der Waals surface area contributed by atoms with E-state index >= 15 is 0 Å². The Hall–Kier alpha value is -2.88. The number of hydrogen-bond donors (Lipinski definition) is 0. The van der Waals surface area contributed by atoms with Gasteiger partial charge in [-0.25, -0.2) is 14.6 Å². The molecule has 1 saturated heterocycles. The lowest BCUT2D eigenvalue weighted by atomic mass is 10.0. The van der Waals surface area contributed by atoms with E-state index in [0.29, 0.717) is 6.04 Å². The van der Waals surface area contributed by atoms with Gasteiger partial charge in [-0.2, -0.15) is 16.7 Å². The predicted molar refractivity (Wildman–Crippen MR) is 126 cm³/mol. The Morgan fingerprint density at radius 2 is 2.00 bits per heavy atom. The van der Waals surface area contributed by atoms with Gasteiger partial charge < -0.3 is 14.7 Å². The maximum absolute atomic E-state index is 5.16. The molecule has 0 N–H and O–H groups in total. The summed E-state index contributed by atoms with van der Waals surface area (Å²) in [6.07, 6.45) is 7.68. The number of hydrogen-bond acceptors (Lipinski definition) is 9. The van der Waals surface area contributed by atoms with Gasteiger partial charge >= 0.3 is 0 Å². The molecule has 0 unspecified atom stereocenters. The molecule has 6 heterocycles. The third-order valence-corrected chi connectivity index (χ3v) is 7.63. The van der Waals surface area contributed by atoms with E-state index in [1.54, 1.807) is 6.20 Å². The summed E-state index contributed by atoms with van der Waals surface area (Å²) >= 11 is 1.93. The zero-order valence-corrected chi connectivity index (χ0v) is 19.3. The highest BCUT2D eigenvalue weighted by molar-refractivity contribution is 7.98. The molecule has 9 nitrogen and oxygen atoms in total. The molecule has 1 fully saturated rings. The summed E-state index contributed by atoms with van der Waals surface area (Å²) in [7, 11) is 4.11. The van der Waals surface area contributed by atoms with Gasteiger partial charge in [0.2, 0.25) is 5.95 Å². The minimum Gasteiger partial charge on any atom is -0.362 e. The second kappa shape index (κ2) is 7.91. The van der Waals surface area contributed by atoms with Crippen LogP contribution in [0.15, 0.2) is 24.7 Å². The average molecular weight is 450 g/mol. The van der Waals surface area contributed by atoms with Gasteiger partial charge in [0.15, 0.2) is 0 Å². The van der Waals surface area contributed by atoms with Crippen LogP contribution in [0, 0.1) is 0 Å². The second-order valence-electron chi connectivity index (χ2n) is 8.88. The molecule has 166 valence electrons. The number of anilines is 3. The molecule has 0 aromatic carbocycles. The first kappa shape index (κ1) is 19.8. The van der Waals surface area contributed by atoms with Crippen molar-refractivity contribution in [3.63, 3.8) is 0 Å². The van der Waals surface area contributed by atoms with Crippen LogP contribution in [0.2, 0.25) is 0 Å². The van der Waals surface area contributed by atoms with Crippen molar-refractivity contribution in [2.45, 2.75) is 36.9 Å². The molecule has 3 aromatic heterocycles. The molecule has 0 bridgehead atoms. The van der Waals surface area contributed by atoms with Crippen LogP contribution in [0.4, 0.5) is 17.6 Å². The lowest BCUT2D eigenvalue weighted by Gasteiger charge is -2.32. The number of aromatic nitrogens is 6. The summed E-state index contributed by atoms with van der Waals surface area (Å²) in [4.78, 5) is 21.7. The van der Waals surface area contributed by atoms with Crippen molar-refractivity contribution in [3.05, 3.63) is 47.0 Å². The van der Waals surface area contributed by atoms with Crippen LogP contribution in [0.25, 0.3) is 0 Å². The molecule has 1 atom stereocenters. The van der Waals surface area contributed by atoms with Crippen LogP contribution in [-0.4, -0.2) is 63.7 Å². The number of pyridine rings is 1. The first-order valence-electron chi connectivity index (χ1n) is 11.1. The zero-order valence-electron chi connectivity index (χ0n) is 18.5. The van der Waals surface area contributed by atoms with E-state index in [0.717, 1.165) is 68.1 Å². The number of thioether (sulfide) groups is 1. The van der Waals surface area contributed by atoms with Crippen molar-refractivity contribution in [1.82, 2.24) is 29.9 Å². The fraction of sp³-hybridized carbons (Fsp3) is 0.500. The van der Waals surface area contributed by atoms with Gasteiger partial charge in [-0.1, -0.05) is 5.21 Å². The van der Waals surface area contributed by atoms with Crippen molar-refractivity contribution in [2.75, 3.05) is 48.4 Å². The highest BCUT2D eigenvalue weighted by Crippen LogP contribution is 2.39. The van der Waals surface area contributed by atoms with E-state index in [2.05, 4.69) is 50.2 Å². The van der Waals surface area contributed by atoms with Crippen LogP contribution in [0.3, 0.4) is 0 Å². The maximum Gasteiger partial charge on any atom is 0.227 e. The maximum atomic E-state index is 5.16. The number of nitrogens with zero attached hydrogens (tertiary/aromatic N) is 9. The summed E-state index contributed by atoms with van der Waals surface area (Å²) in [5.74, 6) is 4.96. The molecular formula is C22H27N9S. The van der Waals surface area contributed by atoms with Crippen LogP contribution in [0.5, 0.6) is 0 Å². The highest BCUT2D eigenvalue weighted by atomic mass is 32.2. The molecule has 0 saturated carbocycles. The molecular weight excluding hydrogens is 422 g/mol. The van der Waals surface area contributed by atoms with Crippen LogP contribution >= 0.6 is 11.8 Å². The van der Waals surface area contributed by atoms with E-state index in [1.165, 1.54) is 22.4 Å². The Morgan fingerprint density at radius 3 is 2.84 bits per heavy atom. The summed E-state index contributed by atoms with van der Waals surface area (Å²) in [5.41, 5.74) is 5.18. The van der Waals surface area contributed by atoms with Crippen LogP contribution in [-0.2, 0) is 24.5 Å². The molecule has 3 aromatic rings. The Labute approximate surface area is 191 Å². The minimum atomic E-state index is 0.344. The highest BCUT2D eigenvalue weighted by Gasteiger charge is 2.32. The zero-order chi connectivity index (χ0) is 21.7. The van der Waals surface area contributed by atoms with Crippen molar-refractivity contribution >= 4 is 29.3 Å². The van der Waals surface area contributed by atoms with E-state index in [-0.39, 0.29) is 0 Å².